The number of aromatic nitrogens is 1. The summed E-state index contributed by atoms with van der Waals surface area (Å²) in [6.07, 6.45) is 3.15. The summed E-state index contributed by atoms with van der Waals surface area (Å²) in [7, 11) is 2.16. The highest BCUT2D eigenvalue weighted by Gasteiger charge is 2.25. The number of fused-ring (bicyclic) bond motifs is 1. The van der Waals surface area contributed by atoms with Crippen LogP contribution in [0.25, 0.3) is 22.2 Å². The Labute approximate surface area is 217 Å². The number of para-hydroxylation sites is 1. The van der Waals surface area contributed by atoms with Crippen molar-refractivity contribution in [2.24, 2.45) is 0 Å². The lowest BCUT2D eigenvalue weighted by Gasteiger charge is -2.22. The Bertz CT molecular complexity index is 1310. The third-order valence-corrected chi connectivity index (χ3v) is 7.84. The zero-order valence-corrected chi connectivity index (χ0v) is 21.8. The maximum absolute atomic E-state index is 14.0. The molecule has 6 heteroatoms. The number of benzene rings is 2. The fraction of sp³-hybridized carbons (Fsp3) is 0.333. The van der Waals surface area contributed by atoms with Gasteiger partial charge in [0.05, 0.1) is 36.0 Å². The average Bonchev–Trinajstić information content (AvgIpc) is 3.59. The zero-order valence-electron chi connectivity index (χ0n) is 20.9. The molecule has 2 atom stereocenters. The number of hydrogen-bond donors (Lipinski definition) is 1. The van der Waals surface area contributed by atoms with Gasteiger partial charge < -0.3 is 15.0 Å². The summed E-state index contributed by atoms with van der Waals surface area (Å²) in [5, 5.41) is 8.31. The molecule has 5 nitrogen and oxygen atoms in total. The van der Waals surface area contributed by atoms with Crippen molar-refractivity contribution < 1.29 is 9.53 Å². The smallest absolute Gasteiger partial charge is 0.252 e. The van der Waals surface area contributed by atoms with Crippen molar-refractivity contribution in [3.8, 4) is 11.3 Å². The van der Waals surface area contributed by atoms with Crippen molar-refractivity contribution in [3.05, 3.63) is 88.1 Å². The van der Waals surface area contributed by atoms with E-state index in [9.17, 15) is 4.79 Å². The van der Waals surface area contributed by atoms with E-state index < -0.39 is 0 Å². The van der Waals surface area contributed by atoms with Crippen LogP contribution >= 0.6 is 11.3 Å². The van der Waals surface area contributed by atoms with Gasteiger partial charge in [0.2, 0.25) is 0 Å². The second-order valence-electron chi connectivity index (χ2n) is 9.48. The lowest BCUT2D eigenvalue weighted by Crippen LogP contribution is -2.31. The summed E-state index contributed by atoms with van der Waals surface area (Å²) in [6, 6.07) is 20.5. The quantitative estimate of drug-likeness (QED) is 0.287. The summed E-state index contributed by atoms with van der Waals surface area (Å²) >= 11 is 1.63. The number of rotatable bonds is 9. The third kappa shape index (κ3) is 5.21. The molecule has 1 N–H and O–H groups in total. The summed E-state index contributed by atoms with van der Waals surface area (Å²) in [4.78, 5) is 21.4. The van der Waals surface area contributed by atoms with E-state index >= 15 is 0 Å². The highest BCUT2D eigenvalue weighted by atomic mass is 32.1. The van der Waals surface area contributed by atoms with Gasteiger partial charge in [-0.2, -0.15) is 11.3 Å². The number of hydrogen-bond acceptors (Lipinski definition) is 5. The first-order valence-electron chi connectivity index (χ1n) is 12.7. The fourth-order valence-electron chi connectivity index (χ4n) is 5.11. The molecule has 1 aliphatic rings. The van der Waals surface area contributed by atoms with Gasteiger partial charge >= 0.3 is 0 Å². The SMILES string of the molecule is CC[C@H](NC(=O)c1c(COC[C@@H]2CCCN2C)c(-c2ccsc2)nc2ccccc12)c1ccccc1. The molecule has 36 heavy (non-hydrogen) atoms. The zero-order chi connectivity index (χ0) is 24.9. The van der Waals surface area contributed by atoms with Crippen LogP contribution in [0.15, 0.2) is 71.4 Å². The largest absolute Gasteiger partial charge is 0.375 e. The Hall–Kier alpha value is -3.06. The molecular formula is C30H33N3O2S. The summed E-state index contributed by atoms with van der Waals surface area (Å²) in [5.74, 6) is -0.0858. The van der Waals surface area contributed by atoms with Crippen molar-refractivity contribution in [3.63, 3.8) is 0 Å². The number of likely N-dealkylation sites (N-methyl/N-ethyl adjacent to an activating group) is 1. The number of likely N-dealkylation sites (tertiary alicyclic amines) is 1. The highest BCUT2D eigenvalue weighted by molar-refractivity contribution is 7.08. The second kappa shape index (κ2) is 11.3. The van der Waals surface area contributed by atoms with Crippen molar-refractivity contribution in [2.45, 2.75) is 44.9 Å². The van der Waals surface area contributed by atoms with E-state index in [0.29, 0.717) is 24.8 Å². The normalized spacial score (nSPS) is 16.9. The monoisotopic (exact) mass is 499 g/mol. The van der Waals surface area contributed by atoms with Gasteiger partial charge in [-0.25, -0.2) is 4.98 Å². The lowest BCUT2D eigenvalue weighted by molar-refractivity contribution is 0.0737. The van der Waals surface area contributed by atoms with E-state index in [1.54, 1.807) is 11.3 Å². The fourth-order valence-corrected chi connectivity index (χ4v) is 5.75. The predicted octanol–water partition coefficient (Wildman–Crippen LogP) is 6.46. The molecule has 2 aromatic carbocycles. The van der Waals surface area contributed by atoms with E-state index in [2.05, 4.69) is 47.8 Å². The van der Waals surface area contributed by atoms with Crippen molar-refractivity contribution in [2.75, 3.05) is 20.2 Å². The van der Waals surface area contributed by atoms with Crippen LogP contribution in [0.5, 0.6) is 0 Å². The predicted molar refractivity (Wildman–Crippen MR) is 147 cm³/mol. The molecule has 0 unspecified atom stereocenters. The van der Waals surface area contributed by atoms with E-state index in [1.807, 2.05) is 47.8 Å². The molecule has 0 saturated carbocycles. The van der Waals surface area contributed by atoms with Crippen LogP contribution in [0.3, 0.4) is 0 Å². The summed E-state index contributed by atoms with van der Waals surface area (Å²) in [5.41, 5.74) is 5.28. The van der Waals surface area contributed by atoms with Gasteiger partial charge in [-0.15, -0.1) is 0 Å². The number of carbonyl (C=O) groups is 1. The molecule has 4 aromatic rings. The summed E-state index contributed by atoms with van der Waals surface area (Å²) < 4.78 is 6.31. The minimum atomic E-state index is -0.0858. The highest BCUT2D eigenvalue weighted by Crippen LogP contribution is 2.33. The van der Waals surface area contributed by atoms with Crippen LogP contribution in [0.2, 0.25) is 0 Å². The molecule has 1 amide bonds. The Morgan fingerprint density at radius 1 is 1.17 bits per heavy atom. The van der Waals surface area contributed by atoms with E-state index in [0.717, 1.165) is 52.7 Å². The van der Waals surface area contributed by atoms with Crippen molar-refractivity contribution in [1.82, 2.24) is 15.2 Å². The van der Waals surface area contributed by atoms with Gasteiger partial charge in [0, 0.05) is 27.9 Å². The molecule has 0 aliphatic carbocycles. The Morgan fingerprint density at radius 2 is 1.97 bits per heavy atom. The first-order valence-corrected chi connectivity index (χ1v) is 13.7. The molecule has 0 bridgehead atoms. The molecule has 3 heterocycles. The topological polar surface area (TPSA) is 54.5 Å². The van der Waals surface area contributed by atoms with Crippen LogP contribution < -0.4 is 5.32 Å². The molecule has 5 rings (SSSR count). The number of carbonyl (C=O) groups excluding carboxylic acids is 1. The minimum absolute atomic E-state index is 0.0730. The number of nitrogens with one attached hydrogen (secondary N) is 1. The Morgan fingerprint density at radius 3 is 2.69 bits per heavy atom. The van der Waals surface area contributed by atoms with Gasteiger partial charge in [-0.3, -0.25) is 4.79 Å². The molecular weight excluding hydrogens is 466 g/mol. The van der Waals surface area contributed by atoms with Crippen LogP contribution in [0, 0.1) is 0 Å². The van der Waals surface area contributed by atoms with E-state index in [4.69, 9.17) is 9.72 Å². The number of ether oxygens (including phenoxy) is 1. The van der Waals surface area contributed by atoms with Crippen molar-refractivity contribution >= 4 is 28.1 Å². The number of amides is 1. The minimum Gasteiger partial charge on any atom is -0.375 e. The average molecular weight is 500 g/mol. The number of pyridine rings is 1. The van der Waals surface area contributed by atoms with Gasteiger partial charge in [0.15, 0.2) is 0 Å². The lowest BCUT2D eigenvalue weighted by atomic mass is 9.96. The third-order valence-electron chi connectivity index (χ3n) is 7.16. The maximum atomic E-state index is 14.0. The van der Waals surface area contributed by atoms with Crippen LogP contribution in [0.1, 0.15) is 53.7 Å². The van der Waals surface area contributed by atoms with Crippen LogP contribution in [0.4, 0.5) is 0 Å². The Kier molecular flexibility index (Phi) is 7.75. The maximum Gasteiger partial charge on any atom is 0.252 e. The van der Waals surface area contributed by atoms with Gasteiger partial charge in [-0.05, 0) is 55.9 Å². The first-order chi connectivity index (χ1) is 17.7. The summed E-state index contributed by atoms with van der Waals surface area (Å²) in [6.45, 7) is 4.20. The van der Waals surface area contributed by atoms with Gasteiger partial charge in [0.25, 0.3) is 5.91 Å². The Balaban J connectivity index is 1.55. The number of nitrogens with zero attached hydrogens (tertiary/aromatic N) is 2. The van der Waals surface area contributed by atoms with E-state index in [-0.39, 0.29) is 11.9 Å². The van der Waals surface area contributed by atoms with Gasteiger partial charge in [0.1, 0.15) is 0 Å². The molecule has 186 valence electrons. The second-order valence-corrected chi connectivity index (χ2v) is 10.3. The molecule has 0 radical (unpaired) electrons. The van der Waals surface area contributed by atoms with Crippen LogP contribution in [-0.2, 0) is 11.3 Å². The van der Waals surface area contributed by atoms with Crippen LogP contribution in [-0.4, -0.2) is 42.0 Å². The van der Waals surface area contributed by atoms with Gasteiger partial charge in [-0.1, -0.05) is 55.5 Å². The molecule has 2 aromatic heterocycles. The number of thiophene rings is 1. The van der Waals surface area contributed by atoms with E-state index in [1.165, 1.54) is 6.42 Å². The molecule has 0 spiro atoms. The first kappa shape index (κ1) is 24.6. The molecule has 1 fully saturated rings. The molecule has 1 aliphatic heterocycles. The van der Waals surface area contributed by atoms with Crippen molar-refractivity contribution in [1.29, 1.82) is 0 Å². The molecule has 1 saturated heterocycles. The standard InChI is InChI=1S/C30H33N3O2S/c1-3-26(21-10-5-4-6-11-21)32-30(34)28-24-13-7-8-14-27(24)31-29(22-15-17-36-20-22)25(28)19-35-18-23-12-9-16-33(23)2/h4-8,10-11,13-15,17,20,23,26H,3,9,12,16,18-19H2,1-2H3,(H,32,34)/t23-,26-/m0/s1.